The highest BCUT2D eigenvalue weighted by Crippen LogP contribution is 2.07. The molecule has 1 atom stereocenters. The number of nitrogens with one attached hydrogen (secondary N) is 2. The van der Waals surface area contributed by atoms with E-state index in [1.165, 1.54) is 0 Å². The number of amides is 1. The fourth-order valence-electron chi connectivity index (χ4n) is 1.33. The molecular formula is C12H26N2O3. The van der Waals surface area contributed by atoms with E-state index in [4.69, 9.17) is 9.84 Å². The molecule has 1 unspecified atom stereocenters. The summed E-state index contributed by atoms with van der Waals surface area (Å²) in [4.78, 5) is 10.1. The maximum Gasteiger partial charge on any atom is 0.404 e. The number of carbonyl (C=O) groups is 1. The van der Waals surface area contributed by atoms with E-state index in [0.29, 0.717) is 12.5 Å². The van der Waals surface area contributed by atoms with E-state index in [1.54, 1.807) is 7.11 Å². The summed E-state index contributed by atoms with van der Waals surface area (Å²) in [6, 6.07) is 0. The van der Waals surface area contributed by atoms with Crippen molar-refractivity contribution in [2.24, 2.45) is 5.92 Å². The van der Waals surface area contributed by atoms with Gasteiger partial charge in [-0.3, -0.25) is 0 Å². The van der Waals surface area contributed by atoms with Crippen LogP contribution in [0, 0.1) is 5.92 Å². The molecule has 0 aromatic rings. The normalized spacial score (nSPS) is 20.1. The average Bonchev–Trinajstić information content (AvgIpc) is 2.28. The molecule has 17 heavy (non-hydrogen) atoms. The monoisotopic (exact) mass is 246 g/mol. The smallest absolute Gasteiger partial charge is 0.404 e. The second-order valence-corrected chi connectivity index (χ2v) is 5.21. The summed E-state index contributed by atoms with van der Waals surface area (Å²) < 4.78 is 4.94. The van der Waals surface area contributed by atoms with Gasteiger partial charge in [0.05, 0.1) is 5.60 Å². The average molecular weight is 246 g/mol. The third-order valence-electron chi connectivity index (χ3n) is 2.55. The van der Waals surface area contributed by atoms with Gasteiger partial charge < -0.3 is 20.5 Å². The van der Waals surface area contributed by atoms with Gasteiger partial charge in [-0.15, -0.1) is 0 Å². The molecule has 1 amide bonds. The summed E-state index contributed by atoms with van der Waals surface area (Å²) in [7, 11) is 1.71. The van der Waals surface area contributed by atoms with Crippen LogP contribution in [-0.4, -0.2) is 43.5 Å². The van der Waals surface area contributed by atoms with Crippen LogP contribution in [-0.2, 0) is 4.74 Å². The van der Waals surface area contributed by atoms with Crippen molar-refractivity contribution >= 4 is 6.09 Å². The summed E-state index contributed by atoms with van der Waals surface area (Å²) in [5, 5.41) is 13.9. The standard InChI is InChI=1S/C7H14N2O2.C5H12O/c10-7(11)9-5-6-2-1-3-8-4-6;1-5(2,3)6-4/h6,8-9H,1-5H2,(H,10,11);1-4H3. The van der Waals surface area contributed by atoms with E-state index in [-0.39, 0.29) is 5.60 Å². The summed E-state index contributed by atoms with van der Waals surface area (Å²) in [5.41, 5.74) is 0.0417. The zero-order valence-corrected chi connectivity index (χ0v) is 11.4. The molecule has 1 aliphatic rings. The highest BCUT2D eigenvalue weighted by atomic mass is 16.5. The van der Waals surface area contributed by atoms with Crippen molar-refractivity contribution in [3.8, 4) is 0 Å². The molecule has 0 aliphatic carbocycles. The number of piperidine rings is 1. The fraction of sp³-hybridized carbons (Fsp3) is 0.917. The Hall–Kier alpha value is -0.810. The van der Waals surface area contributed by atoms with Crippen LogP contribution in [0.5, 0.6) is 0 Å². The number of methoxy groups -OCH3 is 1. The van der Waals surface area contributed by atoms with Crippen molar-refractivity contribution in [3.63, 3.8) is 0 Å². The molecule has 0 saturated carbocycles. The molecule has 1 saturated heterocycles. The summed E-state index contributed by atoms with van der Waals surface area (Å²) in [5.74, 6) is 0.486. The van der Waals surface area contributed by atoms with Crippen LogP contribution < -0.4 is 10.6 Å². The first-order valence-corrected chi connectivity index (χ1v) is 6.08. The zero-order valence-electron chi connectivity index (χ0n) is 11.4. The van der Waals surface area contributed by atoms with Gasteiger partial charge in [-0.2, -0.15) is 0 Å². The van der Waals surface area contributed by atoms with Gasteiger partial charge in [-0.05, 0) is 52.6 Å². The quantitative estimate of drug-likeness (QED) is 0.693. The van der Waals surface area contributed by atoms with Crippen LogP contribution >= 0.6 is 0 Å². The van der Waals surface area contributed by atoms with Gasteiger partial charge in [0.25, 0.3) is 0 Å². The number of hydrogen-bond donors (Lipinski definition) is 3. The van der Waals surface area contributed by atoms with E-state index in [0.717, 1.165) is 25.9 Å². The Balaban J connectivity index is 0.000000366. The molecule has 0 radical (unpaired) electrons. The van der Waals surface area contributed by atoms with E-state index in [1.807, 2.05) is 20.8 Å². The minimum absolute atomic E-state index is 0.0417. The minimum atomic E-state index is -0.921. The lowest BCUT2D eigenvalue weighted by atomic mass is 10.00. The van der Waals surface area contributed by atoms with Crippen LogP contribution in [0.15, 0.2) is 0 Å². The lowest BCUT2D eigenvalue weighted by Gasteiger charge is -2.22. The largest absolute Gasteiger partial charge is 0.465 e. The Kier molecular flexibility index (Phi) is 7.91. The predicted molar refractivity (Wildman–Crippen MR) is 68.4 cm³/mol. The third kappa shape index (κ3) is 11.5. The van der Waals surface area contributed by atoms with Crippen LogP contribution in [0.2, 0.25) is 0 Å². The Morgan fingerprint density at radius 1 is 1.53 bits per heavy atom. The van der Waals surface area contributed by atoms with Crippen LogP contribution in [0.25, 0.3) is 0 Å². The molecule has 1 rings (SSSR count). The van der Waals surface area contributed by atoms with Gasteiger partial charge in [0.1, 0.15) is 0 Å². The molecule has 3 N–H and O–H groups in total. The highest BCUT2D eigenvalue weighted by molar-refractivity contribution is 5.64. The topological polar surface area (TPSA) is 70.6 Å². The maximum absolute atomic E-state index is 10.1. The van der Waals surface area contributed by atoms with Gasteiger partial charge in [0, 0.05) is 13.7 Å². The first-order valence-electron chi connectivity index (χ1n) is 6.08. The second-order valence-electron chi connectivity index (χ2n) is 5.21. The van der Waals surface area contributed by atoms with Gasteiger partial charge in [0.2, 0.25) is 0 Å². The summed E-state index contributed by atoms with van der Waals surface area (Å²) >= 11 is 0. The lowest BCUT2D eigenvalue weighted by Crippen LogP contribution is -2.37. The minimum Gasteiger partial charge on any atom is -0.465 e. The van der Waals surface area contributed by atoms with Crippen LogP contribution in [0.1, 0.15) is 33.6 Å². The first kappa shape index (κ1) is 16.2. The Morgan fingerprint density at radius 3 is 2.47 bits per heavy atom. The number of carboxylic acid groups (broad SMARTS) is 1. The van der Waals surface area contributed by atoms with Gasteiger partial charge in [0.15, 0.2) is 0 Å². The van der Waals surface area contributed by atoms with Crippen molar-refractivity contribution in [1.82, 2.24) is 10.6 Å². The number of ether oxygens (including phenoxy) is 1. The van der Waals surface area contributed by atoms with Gasteiger partial charge in [-0.1, -0.05) is 0 Å². The van der Waals surface area contributed by atoms with Crippen LogP contribution in [0.3, 0.4) is 0 Å². The fourth-order valence-corrected chi connectivity index (χ4v) is 1.33. The van der Waals surface area contributed by atoms with Crippen molar-refractivity contribution < 1.29 is 14.6 Å². The molecule has 1 heterocycles. The molecular weight excluding hydrogens is 220 g/mol. The highest BCUT2D eigenvalue weighted by Gasteiger charge is 2.12. The third-order valence-corrected chi connectivity index (χ3v) is 2.55. The summed E-state index contributed by atoms with van der Waals surface area (Å²) in [6.45, 7) is 8.67. The van der Waals surface area contributed by atoms with E-state index < -0.39 is 6.09 Å². The zero-order chi connectivity index (χ0) is 13.3. The molecule has 1 aliphatic heterocycles. The summed E-state index contributed by atoms with van der Waals surface area (Å²) in [6.07, 6.45) is 1.37. The van der Waals surface area contributed by atoms with Gasteiger partial charge in [-0.25, -0.2) is 4.79 Å². The SMILES string of the molecule is COC(C)(C)C.O=C(O)NCC1CCCNC1. The molecule has 0 bridgehead atoms. The number of rotatable bonds is 2. The first-order chi connectivity index (χ1) is 7.85. The molecule has 102 valence electrons. The molecule has 0 spiro atoms. The van der Waals surface area contributed by atoms with E-state index in [9.17, 15) is 4.79 Å². The Morgan fingerprint density at radius 2 is 2.12 bits per heavy atom. The van der Waals surface area contributed by atoms with Crippen molar-refractivity contribution in [2.45, 2.75) is 39.2 Å². The van der Waals surface area contributed by atoms with E-state index >= 15 is 0 Å². The molecule has 0 aromatic carbocycles. The van der Waals surface area contributed by atoms with E-state index in [2.05, 4.69) is 10.6 Å². The molecule has 1 fully saturated rings. The Labute approximate surface area is 104 Å². The van der Waals surface area contributed by atoms with Gasteiger partial charge >= 0.3 is 6.09 Å². The van der Waals surface area contributed by atoms with Crippen LogP contribution in [0.4, 0.5) is 4.79 Å². The lowest BCUT2D eigenvalue weighted by molar-refractivity contribution is 0.0397. The Bertz CT molecular complexity index is 208. The van der Waals surface area contributed by atoms with Crippen molar-refractivity contribution in [3.05, 3.63) is 0 Å². The maximum atomic E-state index is 10.1. The predicted octanol–water partition coefficient (Wildman–Crippen LogP) is 1.68. The molecule has 5 nitrogen and oxygen atoms in total. The van der Waals surface area contributed by atoms with Crippen molar-refractivity contribution in [1.29, 1.82) is 0 Å². The second kappa shape index (κ2) is 8.31. The number of hydrogen-bond acceptors (Lipinski definition) is 3. The molecule has 0 aromatic heterocycles. The van der Waals surface area contributed by atoms with Crippen molar-refractivity contribution in [2.75, 3.05) is 26.7 Å². The molecule has 5 heteroatoms.